The monoisotopic (exact) mass is 509 g/mol. The van der Waals surface area contributed by atoms with Crippen LogP contribution in [0, 0.1) is 28.6 Å². The van der Waals surface area contributed by atoms with Gasteiger partial charge in [-0.25, -0.2) is 4.79 Å². The highest BCUT2D eigenvalue weighted by Gasteiger charge is 2.67. The quantitative estimate of drug-likeness (QED) is 0.466. The van der Waals surface area contributed by atoms with E-state index in [1.165, 1.54) is 19.6 Å². The van der Waals surface area contributed by atoms with E-state index in [-0.39, 0.29) is 18.2 Å². The van der Waals surface area contributed by atoms with E-state index < -0.39 is 52.9 Å². The van der Waals surface area contributed by atoms with Gasteiger partial charge in [-0.2, -0.15) is 0 Å². The van der Waals surface area contributed by atoms with Gasteiger partial charge in [0, 0.05) is 23.6 Å². The van der Waals surface area contributed by atoms with Gasteiger partial charge in [0.05, 0.1) is 31.5 Å². The first kappa shape index (κ1) is 25.0. The number of anilines is 1. The maximum Gasteiger partial charge on any atom is 0.412 e. The third kappa shape index (κ3) is 4.20. The first-order valence-electron chi connectivity index (χ1n) is 12.5. The van der Waals surface area contributed by atoms with Gasteiger partial charge >= 0.3 is 18.0 Å². The van der Waals surface area contributed by atoms with E-state index in [1.807, 2.05) is 19.9 Å². The Balaban J connectivity index is 1.49. The molecule has 196 valence electrons. The molecule has 7 atom stereocenters. The maximum atomic E-state index is 14.1. The van der Waals surface area contributed by atoms with Gasteiger partial charge in [0.2, 0.25) is 0 Å². The van der Waals surface area contributed by atoms with Gasteiger partial charge in [0.15, 0.2) is 11.9 Å². The van der Waals surface area contributed by atoms with E-state index >= 15 is 0 Å². The molecule has 3 aliphatic rings. The van der Waals surface area contributed by atoms with Crippen molar-refractivity contribution in [3.8, 4) is 0 Å². The fourth-order valence-corrected chi connectivity index (χ4v) is 7.06. The van der Waals surface area contributed by atoms with Gasteiger partial charge in [-0.1, -0.05) is 32.0 Å². The topological polar surface area (TPSA) is 121 Å². The summed E-state index contributed by atoms with van der Waals surface area (Å²) in [5.41, 5.74) is -0.370. The Labute approximate surface area is 214 Å². The molecule has 0 spiro atoms. The minimum atomic E-state index is -1.16. The van der Waals surface area contributed by atoms with Crippen LogP contribution in [0.1, 0.15) is 51.2 Å². The first-order chi connectivity index (χ1) is 17.7. The molecule has 1 N–H and O–H groups in total. The van der Waals surface area contributed by atoms with Crippen molar-refractivity contribution >= 4 is 29.5 Å². The smallest absolute Gasteiger partial charge is 0.412 e. The number of methoxy groups -OCH3 is 1. The summed E-state index contributed by atoms with van der Waals surface area (Å²) in [6.07, 6.45) is 1.88. The fourth-order valence-electron chi connectivity index (χ4n) is 7.06. The zero-order valence-corrected chi connectivity index (χ0v) is 21.1. The number of benzene rings is 1. The molecule has 2 heterocycles. The Kier molecular flexibility index (Phi) is 6.33. The van der Waals surface area contributed by atoms with Crippen LogP contribution in [0.25, 0.3) is 0 Å². The van der Waals surface area contributed by atoms with Crippen molar-refractivity contribution in [1.29, 1.82) is 0 Å². The Morgan fingerprint density at radius 2 is 1.84 bits per heavy atom. The summed E-state index contributed by atoms with van der Waals surface area (Å²) in [7, 11) is 1.31. The van der Waals surface area contributed by atoms with Crippen LogP contribution in [0.5, 0.6) is 0 Å². The highest BCUT2D eigenvalue weighted by molar-refractivity contribution is 5.94. The molecule has 9 nitrogen and oxygen atoms in total. The van der Waals surface area contributed by atoms with Crippen molar-refractivity contribution in [2.24, 2.45) is 28.6 Å². The number of furan rings is 1. The third-order valence-corrected chi connectivity index (χ3v) is 8.77. The van der Waals surface area contributed by atoms with Crippen molar-refractivity contribution in [1.82, 2.24) is 0 Å². The highest BCUT2D eigenvalue weighted by atomic mass is 16.6. The number of ether oxygens (including phenoxy) is 3. The summed E-state index contributed by atoms with van der Waals surface area (Å²) in [5, 5.41) is 2.63. The van der Waals surface area contributed by atoms with Crippen molar-refractivity contribution in [2.75, 3.05) is 12.4 Å². The molecule has 2 saturated carbocycles. The number of nitrogens with one attached hydrogen (secondary N) is 1. The molecule has 1 aromatic heterocycles. The zero-order chi connectivity index (χ0) is 26.4. The summed E-state index contributed by atoms with van der Waals surface area (Å²) in [6.45, 7) is 3.84. The predicted octanol–water partition coefficient (Wildman–Crippen LogP) is 4.69. The van der Waals surface area contributed by atoms with E-state index in [0.29, 0.717) is 30.5 Å². The van der Waals surface area contributed by atoms with Crippen LogP contribution in [-0.2, 0) is 28.6 Å². The summed E-state index contributed by atoms with van der Waals surface area (Å²) in [4.78, 5) is 53.1. The minimum absolute atomic E-state index is 0.0249. The highest BCUT2D eigenvalue weighted by Crippen LogP contribution is 2.65. The average Bonchev–Trinajstić information content (AvgIpc) is 3.40. The second kappa shape index (κ2) is 9.36. The molecule has 1 aromatic carbocycles. The number of carbonyl (C=O) groups excluding carboxylic acids is 4. The van der Waals surface area contributed by atoms with E-state index in [2.05, 4.69) is 5.32 Å². The van der Waals surface area contributed by atoms with Crippen molar-refractivity contribution in [2.45, 2.75) is 51.7 Å². The lowest BCUT2D eigenvalue weighted by Crippen LogP contribution is -2.64. The lowest BCUT2D eigenvalue weighted by Gasteiger charge is -2.60. The van der Waals surface area contributed by atoms with Crippen molar-refractivity contribution < 1.29 is 37.8 Å². The molecule has 2 aliphatic carbocycles. The fraction of sp³-hybridized carbons (Fsp3) is 0.500. The van der Waals surface area contributed by atoms with Gasteiger partial charge in [0.25, 0.3) is 0 Å². The number of amides is 1. The largest absolute Gasteiger partial charge is 0.472 e. The standard InChI is InChI=1S/C28H31NO8/c1-27-11-9-18-25(32)36-21(16-10-12-35-15-16)14-28(18,2)23(27)22(30)20(13-19(27)24(31)34-3)37-26(33)29-17-7-5-4-6-8-17/h4-8,10,12,15,18-21,23H,9,11,13-14H2,1-3H3,(H,29,33)/t18-,19-,20-,21-,23?,27-,28-/m0/s1. The molecule has 1 saturated heterocycles. The van der Waals surface area contributed by atoms with E-state index in [0.717, 1.165) is 0 Å². The molecule has 1 unspecified atom stereocenters. The Hall–Kier alpha value is -3.62. The predicted molar refractivity (Wildman–Crippen MR) is 130 cm³/mol. The van der Waals surface area contributed by atoms with Crippen LogP contribution < -0.4 is 5.32 Å². The first-order valence-corrected chi connectivity index (χ1v) is 12.5. The van der Waals surface area contributed by atoms with Gasteiger partial charge in [-0.05, 0) is 48.3 Å². The number of cyclic esters (lactones) is 1. The number of Topliss-reactive ketones (excluding diaryl/α,β-unsaturated/α-hetero) is 1. The summed E-state index contributed by atoms with van der Waals surface area (Å²) < 4.78 is 21.8. The van der Waals surface area contributed by atoms with E-state index in [1.54, 1.807) is 30.3 Å². The molecule has 2 aromatic rings. The van der Waals surface area contributed by atoms with E-state index in [4.69, 9.17) is 18.6 Å². The van der Waals surface area contributed by atoms with Crippen LogP contribution in [0.3, 0.4) is 0 Å². The third-order valence-electron chi connectivity index (χ3n) is 8.77. The van der Waals surface area contributed by atoms with Crippen LogP contribution in [0.15, 0.2) is 53.3 Å². The number of hydrogen-bond acceptors (Lipinski definition) is 8. The van der Waals surface area contributed by atoms with Crippen LogP contribution in [-0.4, -0.2) is 37.0 Å². The molecule has 5 rings (SSSR count). The van der Waals surface area contributed by atoms with Crippen LogP contribution in [0.2, 0.25) is 0 Å². The number of para-hydroxylation sites is 1. The lowest BCUT2D eigenvalue weighted by molar-refractivity contribution is -0.207. The normalized spacial score (nSPS) is 34.9. The molecule has 0 bridgehead atoms. The number of rotatable bonds is 4. The summed E-state index contributed by atoms with van der Waals surface area (Å²) >= 11 is 0. The Bertz CT molecular complexity index is 1190. The molecule has 1 amide bonds. The second-order valence-corrected chi connectivity index (χ2v) is 10.8. The number of fused-ring (bicyclic) bond motifs is 3. The number of carbonyl (C=O) groups is 4. The number of esters is 2. The van der Waals surface area contributed by atoms with E-state index in [9.17, 15) is 19.2 Å². The Morgan fingerprint density at radius 1 is 1.08 bits per heavy atom. The van der Waals surface area contributed by atoms with Gasteiger partial charge in [0.1, 0.15) is 6.10 Å². The molecular formula is C28H31NO8. The Morgan fingerprint density at radius 3 is 2.51 bits per heavy atom. The second-order valence-electron chi connectivity index (χ2n) is 10.8. The number of hydrogen-bond donors (Lipinski definition) is 1. The van der Waals surface area contributed by atoms with Crippen molar-refractivity contribution in [3.63, 3.8) is 0 Å². The van der Waals surface area contributed by atoms with Gasteiger partial charge in [-0.15, -0.1) is 0 Å². The lowest BCUT2D eigenvalue weighted by atomic mass is 9.43. The molecule has 1 aliphatic heterocycles. The van der Waals surface area contributed by atoms with Gasteiger partial charge < -0.3 is 18.6 Å². The molecule has 3 fully saturated rings. The summed E-state index contributed by atoms with van der Waals surface area (Å²) in [6, 6.07) is 10.5. The van der Waals surface area contributed by atoms with Crippen LogP contribution >= 0.6 is 0 Å². The van der Waals surface area contributed by atoms with Crippen molar-refractivity contribution in [3.05, 3.63) is 54.5 Å². The number of ketones is 1. The average molecular weight is 510 g/mol. The molecular weight excluding hydrogens is 478 g/mol. The van der Waals surface area contributed by atoms with Gasteiger partial charge in [-0.3, -0.25) is 19.7 Å². The molecule has 0 radical (unpaired) electrons. The maximum absolute atomic E-state index is 14.1. The summed E-state index contributed by atoms with van der Waals surface area (Å²) in [5.74, 6) is -3.03. The molecule has 9 heteroatoms. The van der Waals surface area contributed by atoms with Crippen LogP contribution in [0.4, 0.5) is 10.5 Å². The minimum Gasteiger partial charge on any atom is -0.472 e. The SMILES string of the molecule is COC(=O)[C@@H]1C[C@H](OC(=O)Nc2ccccc2)C(=O)C2[C@@]1(C)CC[C@H]1C(=O)O[C@H](c3ccoc3)C[C@]21C. The molecule has 37 heavy (non-hydrogen) atoms. The zero-order valence-electron chi connectivity index (χ0n) is 21.1.